The molecular weight excluding hydrogens is 340 g/mol. The maximum Gasteiger partial charge on any atom is 0.247 e. The van der Waals surface area contributed by atoms with Gasteiger partial charge in [-0.05, 0) is 24.6 Å². The highest BCUT2D eigenvalue weighted by atomic mass is 16.2. The van der Waals surface area contributed by atoms with Crippen molar-refractivity contribution in [1.82, 2.24) is 9.80 Å². The van der Waals surface area contributed by atoms with Gasteiger partial charge in [0.05, 0.1) is 6.54 Å². The van der Waals surface area contributed by atoms with Gasteiger partial charge >= 0.3 is 0 Å². The van der Waals surface area contributed by atoms with Crippen LogP contribution in [0.3, 0.4) is 0 Å². The van der Waals surface area contributed by atoms with Crippen LogP contribution in [0, 0.1) is 0 Å². The van der Waals surface area contributed by atoms with Gasteiger partial charge in [0.1, 0.15) is 5.54 Å². The lowest BCUT2D eigenvalue weighted by Crippen LogP contribution is -2.57. The first kappa shape index (κ1) is 19.1. The van der Waals surface area contributed by atoms with Gasteiger partial charge in [-0.25, -0.2) is 0 Å². The van der Waals surface area contributed by atoms with Gasteiger partial charge in [0, 0.05) is 31.9 Å². The normalized spacial score (nSPS) is 17.2. The molecule has 3 N–H and O–H groups in total. The number of hydrogen-bond acceptors (Lipinski definition) is 4. The Morgan fingerprint density at radius 3 is 2.11 bits per heavy atom. The Kier molecular flexibility index (Phi) is 5.88. The molecule has 0 radical (unpaired) electrons. The van der Waals surface area contributed by atoms with E-state index in [1.807, 2.05) is 60.7 Å². The molecule has 142 valence electrons. The molecule has 1 atom stereocenters. The molecule has 1 heterocycles. The lowest BCUT2D eigenvalue weighted by molar-refractivity contribution is -0.138. The third-order valence-electron chi connectivity index (χ3n) is 4.90. The molecule has 0 bridgehead atoms. The monoisotopic (exact) mass is 366 g/mol. The van der Waals surface area contributed by atoms with Crippen LogP contribution in [0.1, 0.15) is 12.5 Å². The number of amides is 2. The maximum absolute atomic E-state index is 12.9. The Labute approximate surface area is 159 Å². The lowest BCUT2D eigenvalue weighted by atomic mass is 9.91. The predicted molar refractivity (Wildman–Crippen MR) is 106 cm³/mol. The van der Waals surface area contributed by atoms with Gasteiger partial charge in [0.2, 0.25) is 11.8 Å². The highest BCUT2D eigenvalue weighted by Crippen LogP contribution is 2.21. The Hall–Kier alpha value is -2.70. The van der Waals surface area contributed by atoms with Crippen molar-refractivity contribution in [3.8, 4) is 0 Å². The summed E-state index contributed by atoms with van der Waals surface area (Å²) in [5.74, 6) is -0.129. The second-order valence-corrected chi connectivity index (χ2v) is 7.05. The summed E-state index contributed by atoms with van der Waals surface area (Å²) in [6.07, 6.45) is 0. The molecular formula is C21H26N4O2. The number of para-hydroxylation sites is 1. The largest absolute Gasteiger partial charge is 0.338 e. The second kappa shape index (κ2) is 8.33. The number of hydrogen-bond donors (Lipinski definition) is 2. The molecule has 27 heavy (non-hydrogen) atoms. The molecule has 0 aliphatic carbocycles. The summed E-state index contributed by atoms with van der Waals surface area (Å²) in [5, 5.41) is 2.89. The zero-order valence-electron chi connectivity index (χ0n) is 15.6. The summed E-state index contributed by atoms with van der Waals surface area (Å²) >= 11 is 0. The van der Waals surface area contributed by atoms with Crippen molar-refractivity contribution in [3.05, 3.63) is 66.2 Å². The Balaban J connectivity index is 1.51. The SMILES string of the molecule is CC(N)(C(=O)N1CCN(CC(=O)Nc2ccccc2)CC1)c1ccccc1. The van der Waals surface area contributed by atoms with E-state index >= 15 is 0 Å². The van der Waals surface area contributed by atoms with Crippen molar-refractivity contribution < 1.29 is 9.59 Å². The van der Waals surface area contributed by atoms with E-state index in [9.17, 15) is 9.59 Å². The van der Waals surface area contributed by atoms with Crippen molar-refractivity contribution in [2.45, 2.75) is 12.5 Å². The molecule has 2 aromatic carbocycles. The minimum atomic E-state index is -1.05. The molecule has 0 spiro atoms. The summed E-state index contributed by atoms with van der Waals surface area (Å²) < 4.78 is 0. The van der Waals surface area contributed by atoms with Crippen LogP contribution in [0.15, 0.2) is 60.7 Å². The standard InChI is InChI=1S/C21H26N4O2/c1-21(22,17-8-4-2-5-9-17)20(27)25-14-12-24(13-15-25)16-19(26)23-18-10-6-3-7-11-18/h2-11H,12-16,22H2,1H3,(H,23,26). The van der Waals surface area contributed by atoms with Crippen LogP contribution >= 0.6 is 0 Å². The average molecular weight is 366 g/mol. The smallest absolute Gasteiger partial charge is 0.247 e. The molecule has 1 unspecified atom stereocenters. The number of carbonyl (C=O) groups excluding carboxylic acids is 2. The van der Waals surface area contributed by atoms with Crippen molar-refractivity contribution in [3.63, 3.8) is 0 Å². The fraction of sp³-hybridized carbons (Fsp3) is 0.333. The highest BCUT2D eigenvalue weighted by molar-refractivity contribution is 5.92. The molecule has 1 fully saturated rings. The van der Waals surface area contributed by atoms with Crippen LogP contribution in [0.25, 0.3) is 0 Å². The fourth-order valence-electron chi connectivity index (χ4n) is 3.27. The number of nitrogens with one attached hydrogen (secondary N) is 1. The Morgan fingerprint density at radius 2 is 1.52 bits per heavy atom. The number of rotatable bonds is 5. The average Bonchev–Trinajstić information content (AvgIpc) is 2.69. The van der Waals surface area contributed by atoms with Crippen LogP contribution in [-0.4, -0.2) is 54.3 Å². The minimum absolute atomic E-state index is 0.0473. The van der Waals surface area contributed by atoms with Crippen LogP contribution in [0.2, 0.25) is 0 Å². The summed E-state index contributed by atoms with van der Waals surface area (Å²) in [6, 6.07) is 18.8. The van der Waals surface area contributed by atoms with E-state index in [4.69, 9.17) is 5.73 Å². The minimum Gasteiger partial charge on any atom is -0.338 e. The third-order valence-corrected chi connectivity index (χ3v) is 4.90. The first-order valence-corrected chi connectivity index (χ1v) is 9.18. The summed E-state index contributed by atoms with van der Waals surface area (Å²) in [5.41, 5.74) is 6.89. The molecule has 2 aromatic rings. The molecule has 6 heteroatoms. The maximum atomic E-state index is 12.9. The lowest BCUT2D eigenvalue weighted by Gasteiger charge is -2.38. The van der Waals surface area contributed by atoms with Crippen LogP contribution in [0.4, 0.5) is 5.69 Å². The number of nitrogens with two attached hydrogens (primary N) is 1. The molecule has 1 saturated heterocycles. The first-order chi connectivity index (χ1) is 13.0. The van der Waals surface area contributed by atoms with Gasteiger partial charge in [-0.1, -0.05) is 48.5 Å². The molecule has 1 aliphatic heterocycles. The highest BCUT2D eigenvalue weighted by Gasteiger charge is 2.35. The number of nitrogens with zero attached hydrogens (tertiary/aromatic N) is 2. The van der Waals surface area contributed by atoms with Crippen LogP contribution in [-0.2, 0) is 15.1 Å². The van der Waals surface area contributed by atoms with Gasteiger partial charge in [-0.3, -0.25) is 14.5 Å². The van der Waals surface area contributed by atoms with E-state index in [1.165, 1.54) is 0 Å². The quantitative estimate of drug-likeness (QED) is 0.843. The molecule has 0 saturated carbocycles. The van der Waals surface area contributed by atoms with E-state index in [0.29, 0.717) is 32.7 Å². The van der Waals surface area contributed by atoms with E-state index < -0.39 is 5.54 Å². The van der Waals surface area contributed by atoms with Gasteiger partial charge in [0.15, 0.2) is 0 Å². The second-order valence-electron chi connectivity index (χ2n) is 7.05. The van der Waals surface area contributed by atoms with E-state index in [0.717, 1.165) is 11.3 Å². The predicted octanol–water partition coefficient (Wildman–Crippen LogP) is 1.64. The third kappa shape index (κ3) is 4.72. The zero-order valence-corrected chi connectivity index (χ0v) is 15.6. The summed E-state index contributed by atoms with van der Waals surface area (Å²) in [7, 11) is 0. The van der Waals surface area contributed by atoms with Crippen molar-refractivity contribution >= 4 is 17.5 Å². The number of piperazine rings is 1. The molecule has 3 rings (SSSR count). The topological polar surface area (TPSA) is 78.7 Å². The molecule has 1 aliphatic rings. The fourth-order valence-corrected chi connectivity index (χ4v) is 3.27. The Morgan fingerprint density at radius 1 is 0.963 bits per heavy atom. The Bertz CT molecular complexity index is 769. The van der Waals surface area contributed by atoms with Gasteiger partial charge in [-0.15, -0.1) is 0 Å². The van der Waals surface area contributed by atoms with Crippen molar-refractivity contribution in [2.75, 3.05) is 38.0 Å². The first-order valence-electron chi connectivity index (χ1n) is 9.18. The molecule has 6 nitrogen and oxygen atoms in total. The van der Waals surface area contributed by atoms with Crippen LogP contribution in [0.5, 0.6) is 0 Å². The van der Waals surface area contributed by atoms with Crippen LogP contribution < -0.4 is 11.1 Å². The van der Waals surface area contributed by atoms with E-state index in [2.05, 4.69) is 10.2 Å². The molecule has 0 aromatic heterocycles. The zero-order chi connectivity index (χ0) is 19.3. The summed E-state index contributed by atoms with van der Waals surface area (Å²) in [6.45, 7) is 4.51. The number of anilines is 1. The number of benzene rings is 2. The molecule has 2 amide bonds. The summed E-state index contributed by atoms with van der Waals surface area (Å²) in [4.78, 5) is 28.9. The van der Waals surface area contributed by atoms with Gasteiger partial charge in [0.25, 0.3) is 0 Å². The van der Waals surface area contributed by atoms with E-state index in [-0.39, 0.29) is 11.8 Å². The van der Waals surface area contributed by atoms with Crippen molar-refractivity contribution in [2.24, 2.45) is 5.73 Å². The van der Waals surface area contributed by atoms with Crippen molar-refractivity contribution in [1.29, 1.82) is 0 Å². The number of carbonyl (C=O) groups is 2. The van der Waals surface area contributed by atoms with Gasteiger partial charge < -0.3 is 16.0 Å². The van der Waals surface area contributed by atoms with E-state index in [1.54, 1.807) is 11.8 Å². The van der Waals surface area contributed by atoms with Gasteiger partial charge in [-0.2, -0.15) is 0 Å².